The van der Waals surface area contributed by atoms with E-state index in [0.29, 0.717) is 24.8 Å². The predicted molar refractivity (Wildman–Crippen MR) is 52.6 cm³/mol. The Balaban J connectivity index is 1.93. The number of hydrogen-bond acceptors (Lipinski definition) is 6. The molecule has 0 aromatic carbocycles. The Morgan fingerprint density at radius 2 is 2.43 bits per heavy atom. The lowest BCUT2D eigenvalue weighted by Crippen LogP contribution is -2.47. The maximum Gasteiger partial charge on any atom is 0.234 e. The Hall–Kier alpha value is -1.21. The van der Waals surface area contributed by atoms with Gasteiger partial charge in [-0.3, -0.25) is 9.69 Å². The fourth-order valence-corrected chi connectivity index (χ4v) is 2.00. The zero-order valence-corrected chi connectivity index (χ0v) is 8.38. The van der Waals surface area contributed by atoms with Crippen LogP contribution in [0.1, 0.15) is 5.01 Å². The average molecular weight is 213 g/mol. The molecule has 1 aromatic heterocycles. The van der Waals surface area contributed by atoms with Gasteiger partial charge in [0.1, 0.15) is 5.01 Å². The monoisotopic (exact) mass is 213 g/mol. The third-order valence-electron chi connectivity index (χ3n) is 1.96. The van der Waals surface area contributed by atoms with Gasteiger partial charge < -0.3 is 11.1 Å². The van der Waals surface area contributed by atoms with Crippen molar-refractivity contribution in [1.29, 1.82) is 0 Å². The fourth-order valence-electron chi connectivity index (χ4n) is 1.35. The van der Waals surface area contributed by atoms with Crippen LogP contribution in [-0.2, 0) is 11.3 Å². The molecule has 1 aromatic rings. The van der Waals surface area contributed by atoms with E-state index < -0.39 is 0 Å². The van der Waals surface area contributed by atoms with Crippen molar-refractivity contribution in [2.75, 3.05) is 25.4 Å². The smallest absolute Gasteiger partial charge is 0.234 e. The number of nitrogens with two attached hydrogens (primary N) is 1. The van der Waals surface area contributed by atoms with Crippen LogP contribution in [0.4, 0.5) is 5.13 Å². The zero-order chi connectivity index (χ0) is 9.97. The van der Waals surface area contributed by atoms with Crippen molar-refractivity contribution in [1.82, 2.24) is 20.4 Å². The van der Waals surface area contributed by atoms with Crippen molar-refractivity contribution in [3.8, 4) is 0 Å². The zero-order valence-electron chi connectivity index (χ0n) is 7.56. The molecule has 1 aliphatic heterocycles. The fraction of sp³-hybridized carbons (Fsp3) is 0.571. The third kappa shape index (κ3) is 2.18. The van der Waals surface area contributed by atoms with Gasteiger partial charge in [-0.25, -0.2) is 0 Å². The maximum atomic E-state index is 11.1. The summed E-state index contributed by atoms with van der Waals surface area (Å²) in [7, 11) is 0. The minimum Gasteiger partial charge on any atom is -0.374 e. The summed E-state index contributed by atoms with van der Waals surface area (Å²) >= 11 is 1.36. The molecular weight excluding hydrogens is 202 g/mol. The molecule has 1 amide bonds. The van der Waals surface area contributed by atoms with E-state index in [9.17, 15) is 4.79 Å². The highest BCUT2D eigenvalue weighted by atomic mass is 32.1. The molecule has 0 saturated carbocycles. The van der Waals surface area contributed by atoms with E-state index in [-0.39, 0.29) is 5.91 Å². The van der Waals surface area contributed by atoms with Crippen LogP contribution in [0.3, 0.4) is 0 Å². The molecule has 0 aliphatic carbocycles. The van der Waals surface area contributed by atoms with Gasteiger partial charge in [-0.05, 0) is 0 Å². The molecule has 3 N–H and O–H groups in total. The number of rotatable bonds is 2. The Kier molecular flexibility index (Phi) is 2.60. The molecule has 0 radical (unpaired) electrons. The number of hydrogen-bond donors (Lipinski definition) is 2. The summed E-state index contributed by atoms with van der Waals surface area (Å²) < 4.78 is 0. The van der Waals surface area contributed by atoms with Gasteiger partial charge in [0.15, 0.2) is 0 Å². The topological polar surface area (TPSA) is 84.1 Å². The highest BCUT2D eigenvalue weighted by Gasteiger charge is 2.17. The van der Waals surface area contributed by atoms with Gasteiger partial charge in [0, 0.05) is 13.1 Å². The Morgan fingerprint density at radius 3 is 3.07 bits per heavy atom. The van der Waals surface area contributed by atoms with Gasteiger partial charge >= 0.3 is 0 Å². The molecule has 14 heavy (non-hydrogen) atoms. The molecule has 0 spiro atoms. The van der Waals surface area contributed by atoms with Gasteiger partial charge in [0.2, 0.25) is 11.0 Å². The van der Waals surface area contributed by atoms with Crippen LogP contribution in [0.15, 0.2) is 0 Å². The quantitative estimate of drug-likeness (QED) is 0.662. The second-order valence-electron chi connectivity index (χ2n) is 3.09. The molecule has 0 unspecified atom stereocenters. The van der Waals surface area contributed by atoms with Crippen molar-refractivity contribution < 1.29 is 4.79 Å². The maximum absolute atomic E-state index is 11.1. The highest BCUT2D eigenvalue weighted by Crippen LogP contribution is 2.13. The van der Waals surface area contributed by atoms with E-state index in [2.05, 4.69) is 15.5 Å². The first-order valence-electron chi connectivity index (χ1n) is 4.31. The molecule has 1 fully saturated rings. The lowest BCUT2D eigenvalue weighted by Gasteiger charge is -2.25. The lowest BCUT2D eigenvalue weighted by atomic mass is 10.3. The molecule has 6 nitrogen and oxygen atoms in total. The summed E-state index contributed by atoms with van der Waals surface area (Å²) in [4.78, 5) is 13.1. The van der Waals surface area contributed by atoms with Crippen molar-refractivity contribution in [2.45, 2.75) is 6.54 Å². The van der Waals surface area contributed by atoms with Gasteiger partial charge in [0.25, 0.3) is 0 Å². The second kappa shape index (κ2) is 3.89. The van der Waals surface area contributed by atoms with E-state index in [4.69, 9.17) is 5.73 Å². The molecule has 1 saturated heterocycles. The van der Waals surface area contributed by atoms with Crippen LogP contribution < -0.4 is 11.1 Å². The molecule has 7 heteroatoms. The van der Waals surface area contributed by atoms with Crippen molar-refractivity contribution >= 4 is 22.4 Å². The first-order valence-corrected chi connectivity index (χ1v) is 5.12. The van der Waals surface area contributed by atoms with Crippen LogP contribution in [0.25, 0.3) is 0 Å². The normalized spacial score (nSPS) is 18.1. The van der Waals surface area contributed by atoms with Gasteiger partial charge in [-0.2, -0.15) is 0 Å². The minimum absolute atomic E-state index is 0.0636. The van der Waals surface area contributed by atoms with Gasteiger partial charge in [-0.15, -0.1) is 10.2 Å². The third-order valence-corrected chi connectivity index (χ3v) is 2.70. The van der Waals surface area contributed by atoms with Crippen LogP contribution in [0.5, 0.6) is 0 Å². The van der Waals surface area contributed by atoms with Gasteiger partial charge in [0.05, 0.1) is 13.1 Å². The first kappa shape index (κ1) is 9.35. The van der Waals surface area contributed by atoms with Crippen molar-refractivity contribution in [2.24, 2.45) is 0 Å². The number of carbonyl (C=O) groups is 1. The molecular formula is C7H11N5OS. The Labute approximate surface area is 85.1 Å². The van der Waals surface area contributed by atoms with E-state index in [1.807, 2.05) is 4.90 Å². The standard InChI is InChI=1S/C7H11N5OS/c8-7-11-10-6(14-7)4-12-2-1-9-5(13)3-12/h1-4H2,(H2,8,11)(H,9,13). The van der Waals surface area contributed by atoms with Crippen molar-refractivity contribution in [3.05, 3.63) is 5.01 Å². The predicted octanol–water partition coefficient (Wildman–Crippen LogP) is -0.948. The number of nitrogens with zero attached hydrogens (tertiary/aromatic N) is 3. The van der Waals surface area contributed by atoms with Crippen LogP contribution in [0.2, 0.25) is 0 Å². The lowest BCUT2D eigenvalue weighted by molar-refractivity contribution is -0.124. The number of carbonyl (C=O) groups excluding carboxylic acids is 1. The molecule has 0 bridgehead atoms. The Morgan fingerprint density at radius 1 is 1.57 bits per heavy atom. The number of nitrogen functional groups attached to an aromatic ring is 1. The van der Waals surface area contributed by atoms with E-state index in [1.165, 1.54) is 11.3 Å². The molecule has 76 valence electrons. The Bertz CT molecular complexity index is 339. The molecule has 2 heterocycles. The largest absolute Gasteiger partial charge is 0.374 e. The number of amides is 1. The highest BCUT2D eigenvalue weighted by molar-refractivity contribution is 7.15. The number of aromatic nitrogens is 2. The molecule has 0 atom stereocenters. The first-order chi connectivity index (χ1) is 6.74. The minimum atomic E-state index is 0.0636. The number of nitrogens with one attached hydrogen (secondary N) is 1. The van der Waals surface area contributed by atoms with Crippen LogP contribution >= 0.6 is 11.3 Å². The summed E-state index contributed by atoms with van der Waals surface area (Å²) in [6.45, 7) is 2.64. The summed E-state index contributed by atoms with van der Waals surface area (Å²) in [6.07, 6.45) is 0. The van der Waals surface area contributed by atoms with Crippen LogP contribution in [-0.4, -0.2) is 40.6 Å². The summed E-state index contributed by atoms with van der Waals surface area (Å²) in [6, 6.07) is 0. The van der Waals surface area contributed by atoms with Gasteiger partial charge in [-0.1, -0.05) is 11.3 Å². The average Bonchev–Trinajstić information content (AvgIpc) is 2.51. The second-order valence-corrected chi connectivity index (χ2v) is 4.19. The van der Waals surface area contributed by atoms with E-state index in [1.54, 1.807) is 0 Å². The van der Waals surface area contributed by atoms with E-state index in [0.717, 1.165) is 11.6 Å². The SMILES string of the molecule is Nc1nnc(CN2CCNC(=O)C2)s1. The van der Waals surface area contributed by atoms with E-state index >= 15 is 0 Å². The van der Waals surface area contributed by atoms with Crippen molar-refractivity contribution in [3.63, 3.8) is 0 Å². The summed E-state index contributed by atoms with van der Waals surface area (Å²) in [5, 5.41) is 11.7. The summed E-state index contributed by atoms with van der Waals surface area (Å²) in [5.74, 6) is 0.0636. The number of anilines is 1. The summed E-state index contributed by atoms with van der Waals surface area (Å²) in [5.41, 5.74) is 5.46. The number of piperazine rings is 1. The molecule has 1 aliphatic rings. The molecule has 2 rings (SSSR count). The van der Waals surface area contributed by atoms with Crippen LogP contribution in [0, 0.1) is 0 Å².